The van der Waals surface area contributed by atoms with Gasteiger partial charge in [0.1, 0.15) is 0 Å². The van der Waals surface area contributed by atoms with Gasteiger partial charge in [-0.05, 0) is 67.7 Å². The Morgan fingerprint density at radius 3 is 2.46 bits per heavy atom. The Labute approximate surface area is 161 Å². The van der Waals surface area contributed by atoms with Crippen molar-refractivity contribution in [1.29, 1.82) is 0 Å². The van der Waals surface area contributed by atoms with Crippen molar-refractivity contribution in [2.45, 2.75) is 6.92 Å². The van der Waals surface area contributed by atoms with Crippen LogP contribution in [-0.2, 0) is 7.05 Å². The molecule has 0 unspecified atom stereocenters. The van der Waals surface area contributed by atoms with Crippen molar-refractivity contribution in [2.75, 3.05) is 10.6 Å². The van der Waals surface area contributed by atoms with Gasteiger partial charge in [0.2, 0.25) is 0 Å². The molecule has 4 aromatic rings. The maximum atomic E-state index is 5.91. The number of nitrogens with one attached hydrogen (secondary N) is 2. The molecule has 0 fully saturated rings. The zero-order valence-corrected chi connectivity index (χ0v) is 15.9. The lowest BCUT2D eigenvalue weighted by atomic mass is 10.1. The highest BCUT2D eigenvalue weighted by Gasteiger charge is 2.11. The maximum Gasteiger partial charge on any atom is 0.175 e. The summed E-state index contributed by atoms with van der Waals surface area (Å²) in [5, 5.41) is 10.0. The van der Waals surface area contributed by atoms with Gasteiger partial charge in [-0.2, -0.15) is 0 Å². The molecule has 0 bridgehead atoms. The maximum absolute atomic E-state index is 5.91. The van der Waals surface area contributed by atoms with Crippen molar-refractivity contribution in [1.82, 2.24) is 9.55 Å². The van der Waals surface area contributed by atoms with E-state index in [4.69, 9.17) is 23.8 Å². The minimum atomic E-state index is 0.532. The van der Waals surface area contributed by atoms with Crippen LogP contribution in [0.4, 0.5) is 11.4 Å². The van der Waals surface area contributed by atoms with Gasteiger partial charge in [-0.25, -0.2) is 0 Å². The fourth-order valence-corrected chi connectivity index (χ4v) is 3.63. The molecule has 0 aliphatic heterocycles. The summed E-state index contributed by atoms with van der Waals surface area (Å²) >= 11 is 11.3. The van der Waals surface area contributed by atoms with Gasteiger partial charge in [-0.15, -0.1) is 0 Å². The highest BCUT2D eigenvalue weighted by atomic mass is 35.5. The zero-order valence-electron chi connectivity index (χ0n) is 14.4. The van der Waals surface area contributed by atoms with E-state index < -0.39 is 0 Å². The van der Waals surface area contributed by atoms with E-state index >= 15 is 0 Å². The second-order valence-electron chi connectivity index (χ2n) is 6.17. The largest absolute Gasteiger partial charge is 0.342 e. The molecular formula is C20H17ClN4S. The van der Waals surface area contributed by atoms with Crippen LogP contribution in [0.2, 0.25) is 5.02 Å². The number of hydrogen-bond acceptors (Lipinski definition) is 2. The molecule has 0 aliphatic carbocycles. The van der Waals surface area contributed by atoms with E-state index in [1.165, 1.54) is 16.3 Å². The molecule has 0 aliphatic rings. The molecular weight excluding hydrogens is 364 g/mol. The van der Waals surface area contributed by atoms with Gasteiger partial charge < -0.3 is 15.2 Å². The van der Waals surface area contributed by atoms with Gasteiger partial charge in [-0.3, -0.25) is 4.98 Å². The topological polar surface area (TPSA) is 41.9 Å². The van der Waals surface area contributed by atoms with Crippen LogP contribution in [-0.4, -0.2) is 14.7 Å². The van der Waals surface area contributed by atoms with Crippen LogP contribution in [0, 0.1) is 6.92 Å². The second-order valence-corrected chi connectivity index (χ2v) is 7.01. The highest BCUT2D eigenvalue weighted by molar-refractivity contribution is 7.80. The molecule has 4 nitrogen and oxygen atoms in total. The first-order valence-corrected chi connectivity index (χ1v) is 8.99. The Hall–Kier alpha value is -2.63. The Balaban J connectivity index is 1.65. The number of aromatic nitrogens is 2. The van der Waals surface area contributed by atoms with E-state index in [1.807, 2.05) is 43.5 Å². The summed E-state index contributed by atoms with van der Waals surface area (Å²) in [7, 11) is 2.07. The van der Waals surface area contributed by atoms with Crippen LogP contribution in [0.25, 0.3) is 21.8 Å². The van der Waals surface area contributed by atoms with Crippen LogP contribution in [0.15, 0.2) is 54.7 Å². The monoisotopic (exact) mass is 380 g/mol. The van der Waals surface area contributed by atoms with Gasteiger partial charge in [0.05, 0.1) is 11.2 Å². The lowest BCUT2D eigenvalue weighted by molar-refractivity contribution is 0.997. The van der Waals surface area contributed by atoms with Gasteiger partial charge in [0.15, 0.2) is 5.11 Å². The van der Waals surface area contributed by atoms with Gasteiger partial charge in [0.25, 0.3) is 0 Å². The van der Waals surface area contributed by atoms with E-state index in [0.29, 0.717) is 10.1 Å². The molecule has 6 heteroatoms. The third-order valence-corrected chi connectivity index (χ3v) is 4.91. The molecule has 0 spiro atoms. The van der Waals surface area contributed by atoms with E-state index in [0.717, 1.165) is 22.6 Å². The Morgan fingerprint density at radius 2 is 1.69 bits per heavy atom. The number of anilines is 2. The Bertz CT molecular complexity index is 1130. The number of hydrogen-bond donors (Lipinski definition) is 2. The summed E-state index contributed by atoms with van der Waals surface area (Å²) in [6.45, 7) is 2.03. The zero-order chi connectivity index (χ0) is 18.3. The molecule has 2 heterocycles. The average Bonchev–Trinajstić information content (AvgIpc) is 2.90. The number of nitrogens with zero attached hydrogens (tertiary/aromatic N) is 2. The number of rotatable bonds is 2. The molecule has 0 saturated heterocycles. The van der Waals surface area contributed by atoms with Gasteiger partial charge >= 0.3 is 0 Å². The fraction of sp³-hybridized carbons (Fsp3) is 0.100. The number of pyridine rings is 1. The minimum Gasteiger partial charge on any atom is -0.342 e. The molecule has 0 radical (unpaired) electrons. The molecule has 4 rings (SSSR count). The van der Waals surface area contributed by atoms with E-state index in [1.54, 1.807) is 0 Å². The predicted octanol–water partition coefficient (Wildman–Crippen LogP) is 5.50. The van der Waals surface area contributed by atoms with E-state index in [-0.39, 0.29) is 0 Å². The molecule has 2 aromatic heterocycles. The molecule has 130 valence electrons. The summed E-state index contributed by atoms with van der Waals surface area (Å²) in [5.41, 5.74) is 5.17. The third-order valence-electron chi connectivity index (χ3n) is 4.45. The summed E-state index contributed by atoms with van der Waals surface area (Å²) in [6.07, 6.45) is 1.85. The lowest BCUT2D eigenvalue weighted by Gasteiger charge is -2.11. The number of thiocarbonyl (C=S) groups is 1. The van der Waals surface area contributed by atoms with Crippen molar-refractivity contribution < 1.29 is 0 Å². The first-order chi connectivity index (χ1) is 12.5. The van der Waals surface area contributed by atoms with Crippen molar-refractivity contribution >= 4 is 62.1 Å². The second kappa shape index (κ2) is 6.59. The SMILES string of the molecule is Cc1nccc2c3cc(NC(=S)Nc4ccc(Cl)cc4)ccc3n(C)c12. The molecule has 2 aromatic carbocycles. The average molecular weight is 381 g/mol. The van der Waals surface area contributed by atoms with E-state index in [2.05, 4.69) is 45.4 Å². The molecule has 0 atom stereocenters. The number of halogens is 1. The normalized spacial score (nSPS) is 11.0. The summed E-state index contributed by atoms with van der Waals surface area (Å²) in [5.74, 6) is 0. The fourth-order valence-electron chi connectivity index (χ4n) is 3.27. The number of fused-ring (bicyclic) bond motifs is 3. The molecule has 26 heavy (non-hydrogen) atoms. The third kappa shape index (κ3) is 3.00. The molecule has 0 amide bonds. The number of aryl methyl sites for hydroxylation is 2. The number of benzene rings is 2. The van der Waals surface area contributed by atoms with Gasteiger partial charge in [-0.1, -0.05) is 11.6 Å². The van der Waals surface area contributed by atoms with Crippen LogP contribution >= 0.6 is 23.8 Å². The first-order valence-electron chi connectivity index (χ1n) is 8.20. The Morgan fingerprint density at radius 1 is 1.00 bits per heavy atom. The Kier molecular flexibility index (Phi) is 4.26. The van der Waals surface area contributed by atoms with Crippen LogP contribution < -0.4 is 10.6 Å². The van der Waals surface area contributed by atoms with E-state index in [9.17, 15) is 0 Å². The van der Waals surface area contributed by atoms with Crippen molar-refractivity contribution in [3.63, 3.8) is 0 Å². The van der Waals surface area contributed by atoms with Crippen LogP contribution in [0.5, 0.6) is 0 Å². The highest BCUT2D eigenvalue weighted by Crippen LogP contribution is 2.31. The molecule has 0 saturated carbocycles. The predicted molar refractivity (Wildman–Crippen MR) is 114 cm³/mol. The van der Waals surface area contributed by atoms with Crippen LogP contribution in [0.1, 0.15) is 5.69 Å². The minimum absolute atomic E-state index is 0.532. The smallest absolute Gasteiger partial charge is 0.175 e. The quantitative estimate of drug-likeness (QED) is 0.451. The summed E-state index contributed by atoms with van der Waals surface area (Å²) in [4.78, 5) is 4.41. The van der Waals surface area contributed by atoms with Crippen molar-refractivity contribution in [3.05, 3.63) is 65.4 Å². The summed E-state index contributed by atoms with van der Waals surface area (Å²) in [6, 6.07) is 15.7. The van der Waals surface area contributed by atoms with Crippen LogP contribution in [0.3, 0.4) is 0 Å². The molecule has 2 N–H and O–H groups in total. The standard InChI is InChI=1S/C20H17ClN4S/c1-12-19-16(9-10-22-12)17-11-15(7-8-18(17)25(19)2)24-20(26)23-14-5-3-13(21)4-6-14/h3-11H,1-2H3,(H2,23,24,26). The van der Waals surface area contributed by atoms with Crippen molar-refractivity contribution in [3.8, 4) is 0 Å². The van der Waals surface area contributed by atoms with Gasteiger partial charge in [0, 0.05) is 45.9 Å². The summed E-state index contributed by atoms with van der Waals surface area (Å²) < 4.78 is 2.18. The first kappa shape index (κ1) is 16.8. The van der Waals surface area contributed by atoms with Crippen molar-refractivity contribution in [2.24, 2.45) is 7.05 Å². The lowest BCUT2D eigenvalue weighted by Crippen LogP contribution is -2.18.